The molecule has 0 spiro atoms. The van der Waals surface area contributed by atoms with Crippen LogP contribution in [0.15, 0.2) is 23.0 Å². The molecule has 100 valence electrons. The van der Waals surface area contributed by atoms with E-state index < -0.39 is 27.9 Å². The molecule has 0 aliphatic rings. The fourth-order valence-corrected chi connectivity index (χ4v) is 1.44. The van der Waals surface area contributed by atoms with Gasteiger partial charge in [0, 0.05) is 13.0 Å². The van der Waals surface area contributed by atoms with Crippen molar-refractivity contribution in [1.29, 1.82) is 0 Å². The van der Waals surface area contributed by atoms with Gasteiger partial charge in [-0.05, 0) is 0 Å². The number of nitrogens with one attached hydrogen (secondary N) is 1. The van der Waals surface area contributed by atoms with Gasteiger partial charge in [0.1, 0.15) is 5.69 Å². The summed E-state index contributed by atoms with van der Waals surface area (Å²) in [6, 6.07) is 1.31. The van der Waals surface area contributed by atoms with Crippen molar-refractivity contribution in [1.82, 2.24) is 10.1 Å². The molecule has 9 heteroatoms. The summed E-state index contributed by atoms with van der Waals surface area (Å²) in [5.41, 5.74) is -1.06. The van der Waals surface area contributed by atoms with Gasteiger partial charge < -0.3 is 9.84 Å². The van der Waals surface area contributed by atoms with Crippen molar-refractivity contribution in [3.05, 3.63) is 46.1 Å². The van der Waals surface area contributed by atoms with E-state index >= 15 is 0 Å². The minimum Gasteiger partial charge on any atom is -0.380 e. The molecule has 0 fully saturated rings. The Kier molecular flexibility index (Phi) is 3.64. The summed E-state index contributed by atoms with van der Waals surface area (Å²) in [7, 11) is 0. The highest BCUT2D eigenvalue weighted by Gasteiger charge is 2.16. The fourth-order valence-electron chi connectivity index (χ4n) is 1.44. The molecule has 1 heterocycles. The zero-order valence-corrected chi connectivity index (χ0v) is 9.47. The molecule has 0 atom stereocenters. The van der Waals surface area contributed by atoms with Crippen LogP contribution in [-0.2, 0) is 6.42 Å². The zero-order chi connectivity index (χ0) is 13.8. The first kappa shape index (κ1) is 12.9. The number of anilines is 1. The van der Waals surface area contributed by atoms with Crippen molar-refractivity contribution in [3.63, 3.8) is 0 Å². The first-order valence-electron chi connectivity index (χ1n) is 5.20. The lowest BCUT2D eigenvalue weighted by atomic mass is 10.2. The van der Waals surface area contributed by atoms with E-state index in [-0.39, 0.29) is 6.54 Å². The number of non-ortho nitro benzene ring substituents is 1. The van der Waals surface area contributed by atoms with Gasteiger partial charge in [0.25, 0.3) is 5.69 Å². The molecule has 19 heavy (non-hydrogen) atoms. The number of nitrogens with zero attached hydrogens (tertiary/aromatic N) is 3. The third kappa shape index (κ3) is 3.00. The minimum atomic E-state index is -1.03. The SMILES string of the molecule is O=[N+]([O-])c1cc(F)c(NCCc2ncon2)c(F)c1. The summed E-state index contributed by atoms with van der Waals surface area (Å²) in [6.45, 7) is 0.158. The van der Waals surface area contributed by atoms with E-state index in [4.69, 9.17) is 0 Å². The summed E-state index contributed by atoms with van der Waals surface area (Å²) in [5.74, 6) is -1.67. The van der Waals surface area contributed by atoms with Crippen LogP contribution in [-0.4, -0.2) is 21.6 Å². The van der Waals surface area contributed by atoms with Gasteiger partial charge in [0.15, 0.2) is 17.5 Å². The maximum Gasteiger partial charge on any atom is 0.275 e. The number of benzene rings is 1. The molecule has 2 aromatic rings. The number of aromatic nitrogens is 2. The van der Waals surface area contributed by atoms with E-state index in [1.165, 1.54) is 0 Å². The lowest BCUT2D eigenvalue weighted by Crippen LogP contribution is -2.09. The highest BCUT2D eigenvalue weighted by Crippen LogP contribution is 2.24. The van der Waals surface area contributed by atoms with Gasteiger partial charge in [0.2, 0.25) is 6.39 Å². The van der Waals surface area contributed by atoms with E-state index in [1.54, 1.807) is 0 Å². The Morgan fingerprint density at radius 2 is 2.05 bits per heavy atom. The number of hydrogen-bond donors (Lipinski definition) is 1. The molecule has 7 nitrogen and oxygen atoms in total. The molecule has 1 aromatic carbocycles. The van der Waals surface area contributed by atoms with Gasteiger partial charge in [-0.2, -0.15) is 4.98 Å². The number of rotatable bonds is 5. The highest BCUT2D eigenvalue weighted by molar-refractivity contribution is 5.51. The van der Waals surface area contributed by atoms with Crippen LogP contribution in [0.5, 0.6) is 0 Å². The van der Waals surface area contributed by atoms with Crippen molar-refractivity contribution < 1.29 is 18.2 Å². The second-order valence-electron chi connectivity index (χ2n) is 3.57. The maximum absolute atomic E-state index is 13.5. The third-order valence-corrected chi connectivity index (χ3v) is 2.30. The molecule has 0 aliphatic heterocycles. The van der Waals surface area contributed by atoms with Crippen molar-refractivity contribution in [3.8, 4) is 0 Å². The van der Waals surface area contributed by atoms with Crippen LogP contribution >= 0.6 is 0 Å². The first-order valence-corrected chi connectivity index (χ1v) is 5.20. The Hall–Kier alpha value is -2.58. The molecule has 0 unspecified atom stereocenters. The molecule has 0 radical (unpaired) electrons. The molecule has 0 saturated heterocycles. The Morgan fingerprint density at radius 1 is 1.37 bits per heavy atom. The smallest absolute Gasteiger partial charge is 0.275 e. The fraction of sp³-hybridized carbons (Fsp3) is 0.200. The molecule has 0 bridgehead atoms. The molecular weight excluding hydrogens is 262 g/mol. The zero-order valence-electron chi connectivity index (χ0n) is 9.47. The van der Waals surface area contributed by atoms with E-state index in [2.05, 4.69) is 20.0 Å². The van der Waals surface area contributed by atoms with Crippen LogP contribution in [0.25, 0.3) is 0 Å². The van der Waals surface area contributed by atoms with Crippen molar-refractivity contribution >= 4 is 11.4 Å². The summed E-state index contributed by atoms with van der Waals surface area (Å²) in [6.07, 6.45) is 1.44. The molecule has 1 aromatic heterocycles. The Balaban J connectivity index is 2.06. The number of nitro benzene ring substituents is 1. The standard InChI is InChI=1S/C10H8F2N4O3/c11-7-3-6(16(17)18)4-8(12)10(7)13-2-1-9-14-5-19-15-9/h3-5,13H,1-2H2. The summed E-state index contributed by atoms with van der Waals surface area (Å²) in [5, 5.41) is 16.4. The third-order valence-electron chi connectivity index (χ3n) is 2.30. The Morgan fingerprint density at radius 3 is 2.58 bits per heavy atom. The lowest BCUT2D eigenvalue weighted by molar-refractivity contribution is -0.385. The molecule has 2 rings (SSSR count). The molecular formula is C10H8F2N4O3. The van der Waals surface area contributed by atoms with Crippen molar-refractivity contribution in [2.45, 2.75) is 6.42 Å². The van der Waals surface area contributed by atoms with E-state index in [9.17, 15) is 18.9 Å². The summed E-state index contributed by atoms with van der Waals surface area (Å²) >= 11 is 0. The summed E-state index contributed by atoms with van der Waals surface area (Å²) < 4.78 is 31.5. The van der Waals surface area contributed by atoms with Crippen LogP contribution in [0.1, 0.15) is 5.82 Å². The van der Waals surface area contributed by atoms with Crippen molar-refractivity contribution in [2.75, 3.05) is 11.9 Å². The van der Waals surface area contributed by atoms with Gasteiger partial charge in [-0.1, -0.05) is 5.16 Å². The number of hydrogen-bond acceptors (Lipinski definition) is 6. The Bertz CT molecular complexity index is 565. The van der Waals surface area contributed by atoms with Crippen LogP contribution in [0.4, 0.5) is 20.2 Å². The predicted octanol–water partition coefficient (Wildman–Crippen LogP) is 1.91. The van der Waals surface area contributed by atoms with Crippen LogP contribution < -0.4 is 5.32 Å². The van der Waals surface area contributed by atoms with Gasteiger partial charge in [-0.15, -0.1) is 0 Å². The quantitative estimate of drug-likeness (QED) is 0.658. The lowest BCUT2D eigenvalue weighted by Gasteiger charge is -2.07. The first-order chi connectivity index (χ1) is 9.08. The number of nitro groups is 1. The molecule has 1 N–H and O–H groups in total. The summed E-state index contributed by atoms with van der Waals surface area (Å²) in [4.78, 5) is 13.3. The molecule has 0 amide bonds. The Labute approximate surface area is 105 Å². The van der Waals surface area contributed by atoms with Gasteiger partial charge in [-0.3, -0.25) is 10.1 Å². The minimum absolute atomic E-state index is 0.158. The van der Waals surface area contributed by atoms with E-state index in [0.717, 1.165) is 6.39 Å². The predicted molar refractivity (Wildman–Crippen MR) is 59.5 cm³/mol. The van der Waals surface area contributed by atoms with Crippen molar-refractivity contribution in [2.24, 2.45) is 0 Å². The average molecular weight is 270 g/mol. The second-order valence-corrected chi connectivity index (χ2v) is 3.57. The number of halogens is 2. The van der Waals surface area contributed by atoms with Gasteiger partial charge in [-0.25, -0.2) is 8.78 Å². The van der Waals surface area contributed by atoms with Gasteiger partial charge in [0.05, 0.1) is 17.1 Å². The molecule has 0 aliphatic carbocycles. The van der Waals surface area contributed by atoms with Crippen LogP contribution in [0.3, 0.4) is 0 Å². The van der Waals surface area contributed by atoms with Crippen LogP contribution in [0, 0.1) is 21.7 Å². The second kappa shape index (κ2) is 5.38. The maximum atomic E-state index is 13.5. The average Bonchev–Trinajstić information content (AvgIpc) is 2.85. The van der Waals surface area contributed by atoms with Gasteiger partial charge >= 0.3 is 0 Å². The van der Waals surface area contributed by atoms with E-state index in [0.29, 0.717) is 24.4 Å². The topological polar surface area (TPSA) is 94.1 Å². The monoisotopic (exact) mass is 270 g/mol. The highest BCUT2D eigenvalue weighted by atomic mass is 19.1. The van der Waals surface area contributed by atoms with E-state index in [1.807, 2.05) is 0 Å². The molecule has 0 saturated carbocycles. The normalized spacial score (nSPS) is 10.4. The van der Waals surface area contributed by atoms with Crippen LogP contribution in [0.2, 0.25) is 0 Å². The largest absolute Gasteiger partial charge is 0.380 e.